The van der Waals surface area contributed by atoms with Crippen molar-refractivity contribution in [2.75, 3.05) is 26.3 Å². The normalized spacial score (nSPS) is 16.2. The molecular formula is C26H27N5O3. The number of carbonyl (C=O) groups is 1. The van der Waals surface area contributed by atoms with Crippen LogP contribution in [0.5, 0.6) is 11.5 Å². The number of fused-ring (bicyclic) bond motifs is 2. The molecule has 0 bridgehead atoms. The van der Waals surface area contributed by atoms with Gasteiger partial charge in [-0.15, -0.1) is 10.2 Å². The van der Waals surface area contributed by atoms with Gasteiger partial charge in [-0.05, 0) is 57.0 Å². The maximum Gasteiger partial charge on any atom is 0.255 e. The molecule has 0 unspecified atom stereocenters. The summed E-state index contributed by atoms with van der Waals surface area (Å²) in [5.41, 5.74) is 4.53. The second-order valence-corrected chi connectivity index (χ2v) is 9.00. The van der Waals surface area contributed by atoms with Crippen LogP contribution in [0.3, 0.4) is 0 Å². The van der Waals surface area contributed by atoms with Gasteiger partial charge in [-0.2, -0.15) is 0 Å². The Hall–Kier alpha value is -3.81. The number of benzene rings is 1. The van der Waals surface area contributed by atoms with Crippen LogP contribution in [0.1, 0.15) is 46.3 Å². The van der Waals surface area contributed by atoms with Crippen LogP contribution in [-0.2, 0) is 0 Å². The van der Waals surface area contributed by atoms with Gasteiger partial charge in [-0.3, -0.25) is 9.20 Å². The molecule has 6 rings (SSSR count). The number of nitrogens with zero attached hydrogens (tertiary/aromatic N) is 5. The van der Waals surface area contributed by atoms with Crippen molar-refractivity contribution in [2.45, 2.75) is 32.6 Å². The van der Waals surface area contributed by atoms with Gasteiger partial charge in [0.15, 0.2) is 17.1 Å². The van der Waals surface area contributed by atoms with Gasteiger partial charge in [0, 0.05) is 48.3 Å². The van der Waals surface area contributed by atoms with Crippen LogP contribution in [0.25, 0.3) is 11.3 Å². The lowest BCUT2D eigenvalue weighted by molar-refractivity contribution is 0.0710. The summed E-state index contributed by atoms with van der Waals surface area (Å²) in [5, 5.41) is 8.72. The Labute approximate surface area is 197 Å². The van der Waals surface area contributed by atoms with E-state index in [0.717, 1.165) is 58.5 Å². The number of carbonyl (C=O) groups excluding carboxylic acids is 1. The molecule has 3 aromatic heterocycles. The van der Waals surface area contributed by atoms with Crippen LogP contribution in [-0.4, -0.2) is 56.3 Å². The summed E-state index contributed by atoms with van der Waals surface area (Å²) in [6.07, 6.45) is 3.76. The molecule has 174 valence electrons. The quantitative estimate of drug-likeness (QED) is 0.466. The number of aryl methyl sites for hydroxylation is 1. The van der Waals surface area contributed by atoms with Crippen molar-refractivity contribution in [3.63, 3.8) is 0 Å². The Morgan fingerprint density at radius 1 is 0.971 bits per heavy atom. The summed E-state index contributed by atoms with van der Waals surface area (Å²) in [5.74, 6) is 2.87. The summed E-state index contributed by atoms with van der Waals surface area (Å²) in [7, 11) is 0. The molecule has 1 fully saturated rings. The highest BCUT2D eigenvalue weighted by Gasteiger charge is 2.29. The fourth-order valence-corrected chi connectivity index (χ4v) is 5.20. The highest BCUT2D eigenvalue weighted by atomic mass is 16.6. The van der Waals surface area contributed by atoms with Crippen molar-refractivity contribution in [2.24, 2.45) is 0 Å². The summed E-state index contributed by atoms with van der Waals surface area (Å²) in [6.45, 7) is 6.56. The third kappa shape index (κ3) is 3.41. The smallest absolute Gasteiger partial charge is 0.255 e. The van der Waals surface area contributed by atoms with Crippen molar-refractivity contribution < 1.29 is 14.3 Å². The standard InChI is InChI=1S/C26H27N5O3/c1-17-15-21(18(2)31(17)20-6-7-22-23(16-20)34-14-13-33-22)26(32)29-11-8-19(9-12-29)25-28-27-24-5-3-4-10-30(24)25/h3-7,10,15-16,19H,8-9,11-14H2,1-2H3. The first-order valence-electron chi connectivity index (χ1n) is 11.8. The van der Waals surface area contributed by atoms with Gasteiger partial charge in [-0.1, -0.05) is 6.07 Å². The van der Waals surface area contributed by atoms with Crippen LogP contribution in [0.4, 0.5) is 0 Å². The number of ether oxygens (including phenoxy) is 2. The minimum Gasteiger partial charge on any atom is -0.486 e. The third-order valence-corrected chi connectivity index (χ3v) is 6.93. The molecule has 2 aliphatic rings. The lowest BCUT2D eigenvalue weighted by Crippen LogP contribution is -2.38. The van der Waals surface area contributed by atoms with Crippen molar-refractivity contribution >= 4 is 11.6 Å². The van der Waals surface area contributed by atoms with Gasteiger partial charge in [0.05, 0.1) is 5.56 Å². The summed E-state index contributed by atoms with van der Waals surface area (Å²) in [4.78, 5) is 15.5. The molecule has 0 atom stereocenters. The van der Waals surface area contributed by atoms with E-state index in [1.165, 1.54) is 0 Å². The highest BCUT2D eigenvalue weighted by Crippen LogP contribution is 2.34. The van der Waals surface area contributed by atoms with Crippen LogP contribution < -0.4 is 9.47 Å². The van der Waals surface area contributed by atoms with Gasteiger partial charge in [0.1, 0.15) is 19.0 Å². The number of hydrogen-bond acceptors (Lipinski definition) is 5. The fourth-order valence-electron chi connectivity index (χ4n) is 5.20. The minimum absolute atomic E-state index is 0.0847. The van der Waals surface area contributed by atoms with Gasteiger partial charge in [0.25, 0.3) is 5.91 Å². The molecule has 1 amide bonds. The number of pyridine rings is 1. The summed E-state index contributed by atoms with van der Waals surface area (Å²) in [6, 6.07) is 13.8. The fraction of sp³-hybridized carbons (Fsp3) is 0.346. The second-order valence-electron chi connectivity index (χ2n) is 9.00. The van der Waals surface area contributed by atoms with Gasteiger partial charge >= 0.3 is 0 Å². The molecule has 0 spiro atoms. The van der Waals surface area contributed by atoms with Crippen molar-refractivity contribution in [1.82, 2.24) is 24.1 Å². The van der Waals surface area contributed by atoms with E-state index < -0.39 is 0 Å². The Kier molecular flexibility index (Phi) is 5.01. The van der Waals surface area contributed by atoms with E-state index >= 15 is 0 Å². The number of amides is 1. The predicted molar refractivity (Wildman–Crippen MR) is 127 cm³/mol. The molecule has 5 heterocycles. The van der Waals surface area contributed by atoms with Gasteiger partial charge < -0.3 is 18.9 Å². The molecule has 34 heavy (non-hydrogen) atoms. The summed E-state index contributed by atoms with van der Waals surface area (Å²) < 4.78 is 15.6. The first-order chi connectivity index (χ1) is 16.6. The van der Waals surface area contributed by atoms with Crippen LogP contribution in [0.15, 0.2) is 48.7 Å². The highest BCUT2D eigenvalue weighted by molar-refractivity contribution is 5.96. The Balaban J connectivity index is 1.21. The molecule has 0 saturated carbocycles. The molecular weight excluding hydrogens is 430 g/mol. The molecule has 8 heteroatoms. The summed E-state index contributed by atoms with van der Waals surface area (Å²) >= 11 is 0. The first-order valence-corrected chi connectivity index (χ1v) is 11.8. The maximum absolute atomic E-state index is 13.5. The molecule has 1 saturated heterocycles. The van der Waals surface area contributed by atoms with Crippen LogP contribution >= 0.6 is 0 Å². The Morgan fingerprint density at radius 2 is 1.76 bits per heavy atom. The van der Waals surface area contributed by atoms with E-state index in [1.807, 2.05) is 67.4 Å². The molecule has 2 aliphatic heterocycles. The number of hydrogen-bond donors (Lipinski definition) is 0. The number of piperidine rings is 1. The molecule has 0 radical (unpaired) electrons. The zero-order valence-corrected chi connectivity index (χ0v) is 19.4. The van der Waals surface area contributed by atoms with E-state index in [4.69, 9.17) is 9.47 Å². The largest absolute Gasteiger partial charge is 0.486 e. The molecule has 1 aromatic carbocycles. The monoisotopic (exact) mass is 457 g/mol. The van der Waals surface area contributed by atoms with Crippen molar-refractivity contribution in [3.05, 3.63) is 71.4 Å². The maximum atomic E-state index is 13.5. The van der Waals surface area contributed by atoms with Gasteiger partial charge in [-0.25, -0.2) is 0 Å². The van der Waals surface area contributed by atoms with E-state index in [2.05, 4.69) is 19.2 Å². The average Bonchev–Trinajstić information content (AvgIpc) is 3.44. The topological polar surface area (TPSA) is 73.9 Å². The molecule has 4 aromatic rings. The molecule has 0 N–H and O–H groups in total. The predicted octanol–water partition coefficient (Wildman–Crippen LogP) is 3.93. The third-order valence-electron chi connectivity index (χ3n) is 6.93. The van der Waals surface area contributed by atoms with Crippen LogP contribution in [0, 0.1) is 13.8 Å². The lowest BCUT2D eigenvalue weighted by Gasteiger charge is -2.31. The second kappa shape index (κ2) is 8.20. The van der Waals surface area contributed by atoms with Gasteiger partial charge in [0.2, 0.25) is 0 Å². The van der Waals surface area contributed by atoms with Crippen LogP contribution in [0.2, 0.25) is 0 Å². The van der Waals surface area contributed by atoms with E-state index in [-0.39, 0.29) is 5.91 Å². The van der Waals surface area contributed by atoms with E-state index in [1.54, 1.807) is 0 Å². The Bertz CT molecular complexity index is 1380. The zero-order chi connectivity index (χ0) is 23.2. The lowest BCUT2D eigenvalue weighted by atomic mass is 9.95. The Morgan fingerprint density at radius 3 is 2.59 bits per heavy atom. The first kappa shape index (κ1) is 20.8. The zero-order valence-electron chi connectivity index (χ0n) is 19.4. The average molecular weight is 458 g/mol. The van der Waals surface area contributed by atoms with E-state index in [9.17, 15) is 4.79 Å². The van der Waals surface area contributed by atoms with E-state index in [0.29, 0.717) is 32.2 Å². The van der Waals surface area contributed by atoms with Crippen molar-refractivity contribution in [3.8, 4) is 17.2 Å². The number of aromatic nitrogens is 4. The molecule has 0 aliphatic carbocycles. The minimum atomic E-state index is 0.0847. The number of rotatable bonds is 3. The number of likely N-dealkylation sites (tertiary alicyclic amines) is 1. The molecule has 8 nitrogen and oxygen atoms in total. The van der Waals surface area contributed by atoms with Crippen molar-refractivity contribution in [1.29, 1.82) is 0 Å². The SMILES string of the molecule is Cc1cc(C(=O)N2CCC(c3nnc4ccccn34)CC2)c(C)n1-c1ccc2c(c1)OCCO2.